The van der Waals surface area contributed by atoms with E-state index in [1.807, 2.05) is 25.1 Å². The van der Waals surface area contributed by atoms with E-state index >= 15 is 0 Å². The number of benzene rings is 1. The molecule has 102 valence electrons. The predicted molar refractivity (Wildman–Crippen MR) is 74.6 cm³/mol. The fraction of sp³-hybridized carbons (Fsp3) is 0.214. The van der Waals surface area contributed by atoms with E-state index < -0.39 is 0 Å². The molecule has 0 aliphatic carbocycles. The minimum Gasteiger partial charge on any atom is -0.323 e. The topological polar surface area (TPSA) is 67.2 Å². The van der Waals surface area contributed by atoms with E-state index in [-0.39, 0.29) is 18.4 Å². The van der Waals surface area contributed by atoms with Gasteiger partial charge in [-0.05, 0) is 19.1 Å². The maximum Gasteiger partial charge on any atom is 0.262 e. The SMILES string of the molecule is CCn1cc(C(=O)N2CC(=O)Nc3ccccc32)cn1. The average molecular weight is 270 g/mol. The number of rotatable bonds is 2. The Bertz CT molecular complexity index is 677. The number of carbonyl (C=O) groups excluding carboxylic acids is 2. The third-order valence-electron chi connectivity index (χ3n) is 3.22. The third kappa shape index (κ3) is 2.05. The first-order chi connectivity index (χ1) is 9.69. The van der Waals surface area contributed by atoms with Gasteiger partial charge in [-0.25, -0.2) is 0 Å². The Morgan fingerprint density at radius 2 is 2.20 bits per heavy atom. The highest BCUT2D eigenvalue weighted by atomic mass is 16.2. The molecule has 0 unspecified atom stereocenters. The van der Waals surface area contributed by atoms with Crippen molar-refractivity contribution in [1.82, 2.24) is 9.78 Å². The molecule has 0 saturated carbocycles. The van der Waals surface area contributed by atoms with Crippen LogP contribution in [0.1, 0.15) is 17.3 Å². The van der Waals surface area contributed by atoms with Crippen molar-refractivity contribution in [2.45, 2.75) is 13.5 Å². The van der Waals surface area contributed by atoms with E-state index in [1.165, 1.54) is 11.1 Å². The van der Waals surface area contributed by atoms with Gasteiger partial charge in [-0.15, -0.1) is 0 Å². The molecule has 1 aromatic heterocycles. The van der Waals surface area contributed by atoms with Crippen molar-refractivity contribution in [2.24, 2.45) is 0 Å². The lowest BCUT2D eigenvalue weighted by Gasteiger charge is -2.28. The Morgan fingerprint density at radius 3 is 2.95 bits per heavy atom. The number of aryl methyl sites for hydroxylation is 1. The summed E-state index contributed by atoms with van der Waals surface area (Å²) in [6.45, 7) is 2.67. The maximum atomic E-state index is 12.5. The van der Waals surface area contributed by atoms with E-state index in [2.05, 4.69) is 10.4 Å². The first kappa shape index (κ1) is 12.4. The molecule has 0 bridgehead atoms. The van der Waals surface area contributed by atoms with Crippen LogP contribution in [0.5, 0.6) is 0 Å². The molecule has 0 saturated heterocycles. The van der Waals surface area contributed by atoms with Crippen LogP contribution in [0.3, 0.4) is 0 Å². The van der Waals surface area contributed by atoms with Crippen LogP contribution in [0, 0.1) is 0 Å². The number of hydrogen-bond donors (Lipinski definition) is 1. The standard InChI is InChI=1S/C14H14N4O2/c1-2-17-8-10(7-15-17)14(20)18-9-13(19)16-11-5-3-4-6-12(11)18/h3-8H,2,9H2,1H3,(H,16,19). The van der Waals surface area contributed by atoms with Gasteiger partial charge in [0.05, 0.1) is 23.1 Å². The van der Waals surface area contributed by atoms with E-state index in [0.29, 0.717) is 23.5 Å². The van der Waals surface area contributed by atoms with Gasteiger partial charge < -0.3 is 5.32 Å². The molecule has 0 radical (unpaired) electrons. The van der Waals surface area contributed by atoms with Gasteiger partial charge in [-0.3, -0.25) is 19.2 Å². The zero-order valence-corrected chi connectivity index (χ0v) is 11.0. The summed E-state index contributed by atoms with van der Waals surface area (Å²) in [5.74, 6) is -0.410. The minimum atomic E-state index is -0.216. The van der Waals surface area contributed by atoms with E-state index in [0.717, 1.165) is 0 Å². The monoisotopic (exact) mass is 270 g/mol. The van der Waals surface area contributed by atoms with Gasteiger partial charge in [0.2, 0.25) is 5.91 Å². The normalized spacial score (nSPS) is 13.8. The van der Waals surface area contributed by atoms with Crippen molar-refractivity contribution >= 4 is 23.2 Å². The largest absolute Gasteiger partial charge is 0.323 e. The fourth-order valence-electron chi connectivity index (χ4n) is 2.22. The van der Waals surface area contributed by atoms with Gasteiger partial charge in [0.25, 0.3) is 5.91 Å². The molecule has 2 amide bonds. The zero-order valence-electron chi connectivity index (χ0n) is 11.0. The van der Waals surface area contributed by atoms with Crippen LogP contribution in [0.15, 0.2) is 36.7 Å². The zero-order chi connectivity index (χ0) is 14.1. The summed E-state index contributed by atoms with van der Waals surface area (Å²) in [6.07, 6.45) is 3.22. The van der Waals surface area contributed by atoms with Gasteiger partial charge in [-0.2, -0.15) is 5.10 Å². The van der Waals surface area contributed by atoms with Crippen LogP contribution in [0.2, 0.25) is 0 Å². The molecule has 1 aromatic carbocycles. The maximum absolute atomic E-state index is 12.5. The summed E-state index contributed by atoms with van der Waals surface area (Å²) in [5, 5.41) is 6.85. The lowest BCUT2D eigenvalue weighted by molar-refractivity contribution is -0.115. The van der Waals surface area contributed by atoms with Crippen LogP contribution in [-0.2, 0) is 11.3 Å². The summed E-state index contributed by atoms with van der Waals surface area (Å²) in [5.41, 5.74) is 1.85. The first-order valence-corrected chi connectivity index (χ1v) is 6.42. The second-order valence-electron chi connectivity index (χ2n) is 4.54. The molecule has 3 rings (SSSR count). The lowest BCUT2D eigenvalue weighted by Crippen LogP contribution is -2.42. The molecule has 0 fully saturated rings. The second kappa shape index (κ2) is 4.80. The summed E-state index contributed by atoms with van der Waals surface area (Å²) in [7, 11) is 0. The number of carbonyl (C=O) groups is 2. The van der Waals surface area contributed by atoms with Gasteiger partial charge in [0, 0.05) is 12.7 Å². The molecule has 20 heavy (non-hydrogen) atoms. The number of amides is 2. The highest BCUT2D eigenvalue weighted by molar-refractivity contribution is 6.14. The van der Waals surface area contributed by atoms with Gasteiger partial charge >= 0.3 is 0 Å². The number of anilines is 2. The smallest absolute Gasteiger partial charge is 0.262 e. The third-order valence-corrected chi connectivity index (χ3v) is 3.22. The van der Waals surface area contributed by atoms with Crippen LogP contribution < -0.4 is 10.2 Å². The van der Waals surface area contributed by atoms with Crippen LogP contribution in [0.25, 0.3) is 0 Å². The molecule has 1 aliphatic rings. The van der Waals surface area contributed by atoms with Crippen molar-refractivity contribution in [1.29, 1.82) is 0 Å². The van der Waals surface area contributed by atoms with Crippen molar-refractivity contribution < 1.29 is 9.59 Å². The number of aromatic nitrogens is 2. The molecular formula is C14H14N4O2. The fourth-order valence-corrected chi connectivity index (χ4v) is 2.22. The Hall–Kier alpha value is -2.63. The first-order valence-electron chi connectivity index (χ1n) is 6.42. The summed E-state index contributed by atoms with van der Waals surface area (Å²) in [6, 6.07) is 7.26. The molecular weight excluding hydrogens is 256 g/mol. The van der Waals surface area contributed by atoms with Gasteiger partial charge in [0.15, 0.2) is 0 Å². The Balaban J connectivity index is 1.97. The van der Waals surface area contributed by atoms with Gasteiger partial charge in [-0.1, -0.05) is 12.1 Å². The van der Waals surface area contributed by atoms with Crippen LogP contribution in [0.4, 0.5) is 11.4 Å². The number of fused-ring (bicyclic) bond motifs is 1. The van der Waals surface area contributed by atoms with Crippen LogP contribution >= 0.6 is 0 Å². The molecule has 1 aliphatic heterocycles. The number of nitrogens with one attached hydrogen (secondary N) is 1. The highest BCUT2D eigenvalue weighted by Gasteiger charge is 2.27. The molecule has 2 heterocycles. The lowest BCUT2D eigenvalue weighted by atomic mass is 10.1. The van der Waals surface area contributed by atoms with E-state index in [9.17, 15) is 9.59 Å². The van der Waals surface area contributed by atoms with Gasteiger partial charge in [0.1, 0.15) is 6.54 Å². The summed E-state index contributed by atoms with van der Waals surface area (Å²) < 4.78 is 1.68. The number of hydrogen-bond acceptors (Lipinski definition) is 3. The Kier molecular flexibility index (Phi) is 2.98. The molecule has 2 aromatic rings. The molecule has 0 atom stereocenters. The quantitative estimate of drug-likeness (QED) is 0.899. The van der Waals surface area contributed by atoms with Crippen molar-refractivity contribution in [2.75, 3.05) is 16.8 Å². The molecule has 6 nitrogen and oxygen atoms in total. The second-order valence-corrected chi connectivity index (χ2v) is 4.54. The predicted octanol–water partition coefficient (Wildman–Crippen LogP) is 1.50. The van der Waals surface area contributed by atoms with Crippen molar-refractivity contribution in [3.8, 4) is 0 Å². The van der Waals surface area contributed by atoms with Crippen LogP contribution in [-0.4, -0.2) is 28.1 Å². The van der Waals surface area contributed by atoms with E-state index in [1.54, 1.807) is 16.9 Å². The minimum absolute atomic E-state index is 0.0210. The number of para-hydroxylation sites is 2. The molecule has 6 heteroatoms. The summed E-state index contributed by atoms with van der Waals surface area (Å²) >= 11 is 0. The Labute approximate surface area is 116 Å². The average Bonchev–Trinajstić information content (AvgIpc) is 2.94. The van der Waals surface area contributed by atoms with Crippen molar-refractivity contribution in [3.63, 3.8) is 0 Å². The number of nitrogens with zero attached hydrogens (tertiary/aromatic N) is 3. The highest BCUT2D eigenvalue weighted by Crippen LogP contribution is 2.29. The van der Waals surface area contributed by atoms with Crippen molar-refractivity contribution in [3.05, 3.63) is 42.2 Å². The Morgan fingerprint density at radius 1 is 1.40 bits per heavy atom. The van der Waals surface area contributed by atoms with E-state index in [4.69, 9.17) is 0 Å². The summed E-state index contributed by atoms with van der Waals surface area (Å²) in [4.78, 5) is 25.7. The molecule has 0 spiro atoms. The molecule has 1 N–H and O–H groups in total.